The molecule has 104 valence electrons. The van der Waals surface area contributed by atoms with E-state index >= 15 is 0 Å². The fourth-order valence-corrected chi connectivity index (χ4v) is 3.35. The number of para-hydroxylation sites is 1. The number of amides is 2. The van der Waals surface area contributed by atoms with Crippen molar-refractivity contribution in [2.24, 2.45) is 0 Å². The number of rotatable bonds is 2. The molecule has 5 nitrogen and oxygen atoms in total. The number of aryl methyl sites for hydroxylation is 1. The zero-order chi connectivity index (χ0) is 13.9. The molecule has 0 spiro atoms. The largest absolute Gasteiger partial charge is 0.375 e. The Hall–Kier alpha value is -2.08. The Bertz CT molecular complexity index is 611. The maximum absolute atomic E-state index is 11.9. The average molecular weight is 288 g/mol. The van der Waals surface area contributed by atoms with Crippen LogP contribution in [0.2, 0.25) is 0 Å². The van der Waals surface area contributed by atoms with Gasteiger partial charge in [0.15, 0.2) is 5.13 Å². The lowest BCUT2D eigenvalue weighted by molar-refractivity contribution is 0.247. The average Bonchev–Trinajstić information content (AvgIpc) is 2.79. The predicted octanol–water partition coefficient (Wildman–Crippen LogP) is 2.40. The summed E-state index contributed by atoms with van der Waals surface area (Å²) in [5.41, 5.74) is 7.60. The van der Waals surface area contributed by atoms with Crippen LogP contribution in [-0.4, -0.2) is 17.1 Å². The van der Waals surface area contributed by atoms with Crippen LogP contribution in [0.1, 0.15) is 17.0 Å². The van der Waals surface area contributed by atoms with Crippen molar-refractivity contribution in [2.45, 2.75) is 25.3 Å². The molecular formula is C14H16N4OS. The minimum absolute atomic E-state index is 0.145. The van der Waals surface area contributed by atoms with E-state index in [1.165, 1.54) is 16.2 Å². The number of nitrogens with zero attached hydrogens (tertiary/aromatic N) is 1. The van der Waals surface area contributed by atoms with E-state index in [2.05, 4.69) is 15.6 Å². The third kappa shape index (κ3) is 2.91. The molecule has 1 aliphatic rings. The van der Waals surface area contributed by atoms with Crippen molar-refractivity contribution >= 4 is 28.2 Å². The SMILES string of the molecule is Nc1nc2c(s1)C[C@@H](NC(=O)Nc1ccccc1)CC2. The van der Waals surface area contributed by atoms with Crippen molar-refractivity contribution < 1.29 is 4.79 Å². The molecule has 1 aromatic heterocycles. The van der Waals surface area contributed by atoms with E-state index in [9.17, 15) is 4.79 Å². The van der Waals surface area contributed by atoms with Gasteiger partial charge in [-0.1, -0.05) is 18.2 Å². The molecule has 1 atom stereocenters. The lowest BCUT2D eigenvalue weighted by Crippen LogP contribution is -2.41. The van der Waals surface area contributed by atoms with Gasteiger partial charge in [-0.3, -0.25) is 0 Å². The normalized spacial score (nSPS) is 17.3. The Balaban J connectivity index is 1.58. The standard InChI is InChI=1S/C14H16N4OS/c15-13-18-11-7-6-10(8-12(11)20-13)17-14(19)16-9-4-2-1-3-5-9/h1-5,10H,6-8H2,(H2,15,18)(H2,16,17,19)/t10-/m0/s1. The second kappa shape index (κ2) is 5.50. The van der Waals surface area contributed by atoms with Crippen molar-refractivity contribution in [1.29, 1.82) is 0 Å². The quantitative estimate of drug-likeness (QED) is 0.794. The molecule has 3 rings (SSSR count). The summed E-state index contributed by atoms with van der Waals surface area (Å²) < 4.78 is 0. The molecule has 1 aromatic carbocycles. The second-order valence-corrected chi connectivity index (χ2v) is 5.94. The molecule has 6 heteroatoms. The Labute approximate surface area is 121 Å². The summed E-state index contributed by atoms with van der Waals surface area (Å²) in [6.07, 6.45) is 2.59. The van der Waals surface area contributed by atoms with Gasteiger partial charge in [0.05, 0.1) is 5.69 Å². The third-order valence-corrected chi connectivity index (χ3v) is 4.27. The van der Waals surface area contributed by atoms with Crippen molar-refractivity contribution in [3.63, 3.8) is 0 Å². The van der Waals surface area contributed by atoms with Crippen LogP contribution in [-0.2, 0) is 12.8 Å². The Morgan fingerprint density at radius 1 is 1.35 bits per heavy atom. The van der Waals surface area contributed by atoms with Crippen molar-refractivity contribution in [1.82, 2.24) is 10.3 Å². The smallest absolute Gasteiger partial charge is 0.319 e. The first-order valence-corrected chi connectivity index (χ1v) is 7.39. The first-order valence-electron chi connectivity index (χ1n) is 6.57. The number of thiazole rings is 1. The summed E-state index contributed by atoms with van der Waals surface area (Å²) in [6.45, 7) is 0. The van der Waals surface area contributed by atoms with Crippen molar-refractivity contribution in [3.05, 3.63) is 40.9 Å². The number of carbonyl (C=O) groups excluding carboxylic acids is 1. The molecule has 0 radical (unpaired) electrons. The van der Waals surface area contributed by atoms with Crippen LogP contribution in [0.4, 0.5) is 15.6 Å². The van der Waals surface area contributed by atoms with E-state index in [-0.39, 0.29) is 12.1 Å². The number of hydrogen-bond donors (Lipinski definition) is 3. The van der Waals surface area contributed by atoms with Gasteiger partial charge in [0.1, 0.15) is 0 Å². The van der Waals surface area contributed by atoms with Gasteiger partial charge in [0.2, 0.25) is 0 Å². The first kappa shape index (κ1) is 12.9. The van der Waals surface area contributed by atoms with E-state index in [4.69, 9.17) is 5.73 Å². The molecule has 0 fully saturated rings. The molecule has 0 bridgehead atoms. The van der Waals surface area contributed by atoms with Crippen molar-refractivity contribution in [3.8, 4) is 0 Å². The molecule has 20 heavy (non-hydrogen) atoms. The van der Waals surface area contributed by atoms with Crippen molar-refractivity contribution in [2.75, 3.05) is 11.1 Å². The lowest BCUT2D eigenvalue weighted by Gasteiger charge is -2.22. The summed E-state index contributed by atoms with van der Waals surface area (Å²) in [5, 5.41) is 6.45. The fourth-order valence-electron chi connectivity index (χ4n) is 2.39. The maximum atomic E-state index is 11.9. The zero-order valence-corrected chi connectivity index (χ0v) is 11.7. The Morgan fingerprint density at radius 2 is 2.15 bits per heavy atom. The lowest BCUT2D eigenvalue weighted by atomic mass is 9.98. The van der Waals surface area contributed by atoms with Gasteiger partial charge in [-0.25, -0.2) is 9.78 Å². The van der Waals surface area contributed by atoms with Crippen LogP contribution in [0.25, 0.3) is 0 Å². The van der Waals surface area contributed by atoms with E-state index in [0.717, 1.165) is 30.6 Å². The van der Waals surface area contributed by atoms with Gasteiger partial charge in [0, 0.05) is 23.0 Å². The molecule has 0 saturated heterocycles. The Kier molecular flexibility index (Phi) is 3.56. The summed E-state index contributed by atoms with van der Waals surface area (Å²) in [4.78, 5) is 17.4. The monoisotopic (exact) mass is 288 g/mol. The predicted molar refractivity (Wildman–Crippen MR) is 80.9 cm³/mol. The molecule has 0 aliphatic heterocycles. The number of urea groups is 1. The van der Waals surface area contributed by atoms with Gasteiger partial charge >= 0.3 is 6.03 Å². The summed E-state index contributed by atoms with van der Waals surface area (Å²) >= 11 is 1.52. The minimum atomic E-state index is -0.165. The van der Waals surface area contributed by atoms with Gasteiger partial charge in [-0.15, -0.1) is 11.3 Å². The third-order valence-electron chi connectivity index (χ3n) is 3.32. The summed E-state index contributed by atoms with van der Waals surface area (Å²) in [7, 11) is 0. The summed E-state index contributed by atoms with van der Waals surface area (Å²) in [6, 6.07) is 9.41. The number of fused-ring (bicyclic) bond motifs is 1. The Morgan fingerprint density at radius 3 is 2.95 bits per heavy atom. The fraction of sp³-hybridized carbons (Fsp3) is 0.286. The number of benzene rings is 1. The molecule has 1 aliphatic carbocycles. The van der Waals surface area contributed by atoms with E-state index in [0.29, 0.717) is 5.13 Å². The minimum Gasteiger partial charge on any atom is -0.375 e. The molecule has 0 saturated carbocycles. The van der Waals surface area contributed by atoms with E-state index in [1.54, 1.807) is 0 Å². The highest BCUT2D eigenvalue weighted by molar-refractivity contribution is 7.15. The number of nitrogens with one attached hydrogen (secondary N) is 2. The van der Waals surface area contributed by atoms with Gasteiger partial charge < -0.3 is 16.4 Å². The first-order chi connectivity index (χ1) is 9.70. The molecule has 1 heterocycles. The molecular weight excluding hydrogens is 272 g/mol. The highest BCUT2D eigenvalue weighted by Crippen LogP contribution is 2.28. The van der Waals surface area contributed by atoms with Crippen LogP contribution in [0, 0.1) is 0 Å². The maximum Gasteiger partial charge on any atom is 0.319 e. The number of aromatic nitrogens is 1. The number of nitrogens with two attached hydrogens (primary N) is 1. The van der Waals surface area contributed by atoms with E-state index < -0.39 is 0 Å². The summed E-state index contributed by atoms with van der Waals surface area (Å²) in [5.74, 6) is 0. The second-order valence-electron chi connectivity index (χ2n) is 4.83. The van der Waals surface area contributed by atoms with Crippen LogP contribution >= 0.6 is 11.3 Å². The van der Waals surface area contributed by atoms with Crippen LogP contribution in [0.3, 0.4) is 0 Å². The van der Waals surface area contributed by atoms with Gasteiger partial charge in [0.25, 0.3) is 0 Å². The molecule has 2 amide bonds. The number of carbonyl (C=O) groups is 1. The molecule has 0 unspecified atom stereocenters. The van der Waals surface area contributed by atoms with Crippen LogP contribution < -0.4 is 16.4 Å². The van der Waals surface area contributed by atoms with Gasteiger partial charge in [-0.05, 0) is 25.0 Å². The zero-order valence-electron chi connectivity index (χ0n) is 10.9. The van der Waals surface area contributed by atoms with Crippen LogP contribution in [0.5, 0.6) is 0 Å². The van der Waals surface area contributed by atoms with E-state index in [1.807, 2.05) is 30.3 Å². The van der Waals surface area contributed by atoms with Crippen LogP contribution in [0.15, 0.2) is 30.3 Å². The van der Waals surface area contributed by atoms with Gasteiger partial charge in [-0.2, -0.15) is 0 Å². The highest BCUT2D eigenvalue weighted by atomic mass is 32.1. The number of nitrogen functional groups attached to an aromatic ring is 1. The number of anilines is 2. The molecule has 2 aromatic rings. The topological polar surface area (TPSA) is 80.0 Å². The highest BCUT2D eigenvalue weighted by Gasteiger charge is 2.23. The molecule has 4 N–H and O–H groups in total. The number of hydrogen-bond acceptors (Lipinski definition) is 4.